The van der Waals surface area contributed by atoms with Crippen molar-refractivity contribution in [3.05, 3.63) is 48.2 Å². The van der Waals surface area contributed by atoms with Gasteiger partial charge in [-0.2, -0.15) is 0 Å². The van der Waals surface area contributed by atoms with Gasteiger partial charge < -0.3 is 9.15 Å². The van der Waals surface area contributed by atoms with Crippen LogP contribution >= 0.6 is 0 Å². The van der Waals surface area contributed by atoms with Gasteiger partial charge in [0.25, 0.3) is 0 Å². The van der Waals surface area contributed by atoms with E-state index in [0.29, 0.717) is 5.58 Å². The summed E-state index contributed by atoms with van der Waals surface area (Å²) in [6, 6.07) is 13.5. The minimum absolute atomic E-state index is 0.235. The minimum atomic E-state index is -0.453. The van der Waals surface area contributed by atoms with Crippen LogP contribution in [0.3, 0.4) is 0 Å². The first-order valence-electron chi connectivity index (χ1n) is 5.29. The molecule has 0 spiro atoms. The van der Waals surface area contributed by atoms with Gasteiger partial charge in [0.1, 0.15) is 5.58 Å². The van der Waals surface area contributed by atoms with Gasteiger partial charge in [0, 0.05) is 5.39 Å². The molecule has 2 aromatic carbocycles. The van der Waals surface area contributed by atoms with Gasteiger partial charge in [-0.15, -0.1) is 0 Å². The van der Waals surface area contributed by atoms with Crippen molar-refractivity contribution in [2.45, 2.75) is 0 Å². The lowest BCUT2D eigenvalue weighted by atomic mass is 10.1. The van der Waals surface area contributed by atoms with Crippen molar-refractivity contribution in [3.63, 3.8) is 0 Å². The Morgan fingerprint density at radius 1 is 1.12 bits per heavy atom. The summed E-state index contributed by atoms with van der Waals surface area (Å²) in [6.45, 7) is 0. The monoisotopic (exact) mass is 226 g/mol. The maximum atomic E-state index is 11.4. The van der Waals surface area contributed by atoms with E-state index in [0.717, 1.165) is 16.2 Å². The summed E-state index contributed by atoms with van der Waals surface area (Å²) >= 11 is 0. The van der Waals surface area contributed by atoms with Gasteiger partial charge in [-0.3, -0.25) is 0 Å². The fourth-order valence-electron chi connectivity index (χ4n) is 1.99. The highest BCUT2D eigenvalue weighted by Gasteiger charge is 2.13. The van der Waals surface area contributed by atoms with Crippen LogP contribution in [0.4, 0.5) is 0 Å². The first kappa shape index (κ1) is 9.90. The summed E-state index contributed by atoms with van der Waals surface area (Å²) in [5.74, 6) is -0.218. The van der Waals surface area contributed by atoms with Crippen molar-refractivity contribution in [1.29, 1.82) is 0 Å². The second-order valence-corrected chi connectivity index (χ2v) is 3.80. The molecule has 84 valence electrons. The maximum absolute atomic E-state index is 11.4. The van der Waals surface area contributed by atoms with E-state index in [1.165, 1.54) is 7.11 Å². The molecule has 0 atom stereocenters. The first-order chi connectivity index (χ1) is 8.29. The van der Waals surface area contributed by atoms with Crippen LogP contribution in [0, 0.1) is 0 Å². The number of fused-ring (bicyclic) bond motifs is 3. The molecule has 0 N–H and O–H groups in total. The van der Waals surface area contributed by atoms with Crippen LogP contribution in [0.25, 0.3) is 21.7 Å². The van der Waals surface area contributed by atoms with Gasteiger partial charge in [-0.25, -0.2) is 4.79 Å². The van der Waals surface area contributed by atoms with Crippen molar-refractivity contribution in [3.8, 4) is 0 Å². The molecule has 0 aliphatic heterocycles. The van der Waals surface area contributed by atoms with E-state index in [-0.39, 0.29) is 5.76 Å². The molecule has 3 aromatic rings. The average Bonchev–Trinajstić information content (AvgIpc) is 2.82. The number of carbonyl (C=O) groups is 1. The number of hydrogen-bond acceptors (Lipinski definition) is 3. The summed E-state index contributed by atoms with van der Waals surface area (Å²) < 4.78 is 10.1. The Hall–Kier alpha value is -2.29. The third kappa shape index (κ3) is 1.47. The largest absolute Gasteiger partial charge is 0.463 e. The Morgan fingerprint density at radius 2 is 1.94 bits per heavy atom. The highest BCUT2D eigenvalue weighted by molar-refractivity contribution is 6.07. The summed E-state index contributed by atoms with van der Waals surface area (Å²) in [6.07, 6.45) is 0. The molecule has 0 aliphatic carbocycles. The van der Waals surface area contributed by atoms with E-state index in [2.05, 4.69) is 4.74 Å². The molecule has 0 saturated carbocycles. The number of furan rings is 1. The van der Waals surface area contributed by atoms with E-state index >= 15 is 0 Å². The number of ether oxygens (including phenoxy) is 1. The molecule has 3 rings (SSSR count). The lowest BCUT2D eigenvalue weighted by Crippen LogP contribution is -1.97. The van der Waals surface area contributed by atoms with Crippen LogP contribution in [0.15, 0.2) is 46.9 Å². The maximum Gasteiger partial charge on any atom is 0.373 e. The van der Waals surface area contributed by atoms with Crippen molar-refractivity contribution >= 4 is 27.7 Å². The predicted octanol–water partition coefficient (Wildman–Crippen LogP) is 3.37. The van der Waals surface area contributed by atoms with E-state index in [9.17, 15) is 4.79 Å². The lowest BCUT2D eigenvalue weighted by molar-refractivity contribution is 0.0567. The number of carbonyl (C=O) groups excluding carboxylic acids is 1. The fraction of sp³-hybridized carbons (Fsp3) is 0.0714. The third-order valence-corrected chi connectivity index (χ3v) is 2.81. The molecule has 3 nitrogen and oxygen atoms in total. The van der Waals surface area contributed by atoms with Crippen LogP contribution in [0.2, 0.25) is 0 Å². The number of hydrogen-bond donors (Lipinski definition) is 0. The van der Waals surface area contributed by atoms with Gasteiger partial charge in [0.15, 0.2) is 0 Å². The topological polar surface area (TPSA) is 39.4 Å². The minimum Gasteiger partial charge on any atom is -0.463 e. The molecule has 1 aromatic heterocycles. The quantitative estimate of drug-likeness (QED) is 0.597. The summed E-state index contributed by atoms with van der Waals surface area (Å²) in [5, 5.41) is 3.13. The normalized spacial score (nSPS) is 10.9. The molecular formula is C14H10O3. The van der Waals surface area contributed by atoms with E-state index < -0.39 is 5.97 Å². The highest BCUT2D eigenvalue weighted by atomic mass is 16.5. The second kappa shape index (κ2) is 3.63. The molecule has 0 amide bonds. The van der Waals surface area contributed by atoms with Crippen molar-refractivity contribution in [1.82, 2.24) is 0 Å². The molecule has 1 heterocycles. The number of methoxy groups -OCH3 is 1. The molecule has 17 heavy (non-hydrogen) atoms. The summed E-state index contributed by atoms with van der Waals surface area (Å²) in [7, 11) is 1.34. The molecule has 3 heteroatoms. The molecule has 0 unspecified atom stereocenters. The summed E-state index contributed by atoms with van der Waals surface area (Å²) in [5.41, 5.74) is 0.698. The molecule has 0 aliphatic rings. The zero-order chi connectivity index (χ0) is 11.8. The molecular weight excluding hydrogens is 216 g/mol. The second-order valence-electron chi connectivity index (χ2n) is 3.80. The Kier molecular flexibility index (Phi) is 2.11. The Morgan fingerprint density at radius 3 is 2.76 bits per heavy atom. The van der Waals surface area contributed by atoms with Gasteiger partial charge >= 0.3 is 5.97 Å². The third-order valence-electron chi connectivity index (χ3n) is 2.81. The lowest BCUT2D eigenvalue weighted by Gasteiger charge is -1.96. The number of esters is 1. The van der Waals surface area contributed by atoms with Crippen molar-refractivity contribution < 1.29 is 13.9 Å². The molecule has 0 radical (unpaired) electrons. The average molecular weight is 226 g/mol. The molecule has 0 bridgehead atoms. The van der Waals surface area contributed by atoms with Crippen LogP contribution in [0.5, 0.6) is 0 Å². The SMILES string of the molecule is COC(=O)c1cc2c(ccc3ccccc32)o1. The number of benzene rings is 2. The van der Waals surface area contributed by atoms with Gasteiger partial charge in [-0.05, 0) is 22.9 Å². The van der Waals surface area contributed by atoms with Crippen molar-refractivity contribution in [2.75, 3.05) is 7.11 Å². The number of rotatable bonds is 1. The zero-order valence-electron chi connectivity index (χ0n) is 9.27. The van der Waals surface area contributed by atoms with Crippen LogP contribution in [0.1, 0.15) is 10.6 Å². The smallest absolute Gasteiger partial charge is 0.373 e. The van der Waals surface area contributed by atoms with Gasteiger partial charge in [0.05, 0.1) is 7.11 Å². The van der Waals surface area contributed by atoms with Gasteiger partial charge in [0.2, 0.25) is 5.76 Å². The van der Waals surface area contributed by atoms with E-state index in [1.807, 2.05) is 36.4 Å². The van der Waals surface area contributed by atoms with E-state index in [1.54, 1.807) is 6.07 Å². The first-order valence-corrected chi connectivity index (χ1v) is 5.29. The van der Waals surface area contributed by atoms with Crippen molar-refractivity contribution in [2.24, 2.45) is 0 Å². The summed E-state index contributed by atoms with van der Waals surface area (Å²) in [4.78, 5) is 11.4. The van der Waals surface area contributed by atoms with Crippen LogP contribution in [-0.2, 0) is 4.74 Å². The molecule has 0 saturated heterocycles. The Balaban J connectivity index is 2.35. The van der Waals surface area contributed by atoms with E-state index in [4.69, 9.17) is 4.42 Å². The zero-order valence-corrected chi connectivity index (χ0v) is 9.27. The van der Waals surface area contributed by atoms with Gasteiger partial charge in [-0.1, -0.05) is 30.3 Å². The fourth-order valence-corrected chi connectivity index (χ4v) is 1.99. The Labute approximate surface area is 97.6 Å². The van der Waals surface area contributed by atoms with Crippen LogP contribution in [-0.4, -0.2) is 13.1 Å². The van der Waals surface area contributed by atoms with Crippen LogP contribution < -0.4 is 0 Å². The Bertz CT molecular complexity index is 710. The highest BCUT2D eigenvalue weighted by Crippen LogP contribution is 2.28. The predicted molar refractivity (Wildman–Crippen MR) is 65.1 cm³/mol. The molecule has 0 fully saturated rings. The standard InChI is InChI=1S/C14H10O3/c1-16-14(15)13-8-11-10-5-3-2-4-9(10)6-7-12(11)17-13/h2-8H,1H3.